The Balaban J connectivity index is 2.39. The maximum Gasteiger partial charge on any atom is 0.0891 e. The monoisotopic (exact) mass is 142 g/mol. The molecule has 1 saturated heterocycles. The fourth-order valence-electron chi connectivity index (χ4n) is 1.73. The van der Waals surface area contributed by atoms with Gasteiger partial charge in [0.25, 0.3) is 0 Å². The zero-order chi connectivity index (χ0) is 7.61. The van der Waals surface area contributed by atoms with E-state index in [-0.39, 0.29) is 0 Å². The van der Waals surface area contributed by atoms with Crippen LogP contribution < -0.4 is 4.90 Å². The van der Waals surface area contributed by atoms with Crippen LogP contribution in [0.2, 0.25) is 0 Å². The lowest BCUT2D eigenvalue weighted by atomic mass is 10.0. The normalized spacial score (nSPS) is 23.1. The smallest absolute Gasteiger partial charge is 0.0891 e. The molecule has 0 saturated carbocycles. The number of quaternary nitrogens is 1. The first-order valence-corrected chi connectivity index (χ1v) is 4.46. The summed E-state index contributed by atoms with van der Waals surface area (Å²) in [6, 6.07) is 0. The van der Waals surface area contributed by atoms with Gasteiger partial charge in [0.05, 0.1) is 18.6 Å². The van der Waals surface area contributed by atoms with Crippen molar-refractivity contribution in [3.05, 3.63) is 0 Å². The number of piperidine rings is 1. The van der Waals surface area contributed by atoms with E-state index in [1.807, 2.05) is 0 Å². The number of likely N-dealkylation sites (tertiary alicyclic amines) is 1. The first kappa shape index (κ1) is 8.06. The fourth-order valence-corrected chi connectivity index (χ4v) is 1.73. The van der Waals surface area contributed by atoms with Crippen molar-refractivity contribution in [3.8, 4) is 0 Å². The predicted molar refractivity (Wildman–Crippen MR) is 44.3 cm³/mol. The van der Waals surface area contributed by atoms with Crippen LogP contribution in [0.5, 0.6) is 0 Å². The fraction of sp³-hybridized carbons (Fsp3) is 1.00. The van der Waals surface area contributed by atoms with E-state index in [2.05, 4.69) is 20.8 Å². The highest BCUT2D eigenvalue weighted by atomic mass is 15.2. The summed E-state index contributed by atoms with van der Waals surface area (Å²) in [5.41, 5.74) is 0.487. The Morgan fingerprint density at radius 3 is 1.70 bits per heavy atom. The van der Waals surface area contributed by atoms with Gasteiger partial charge >= 0.3 is 0 Å². The average Bonchev–Trinajstić information content (AvgIpc) is 1.88. The molecule has 0 amide bonds. The van der Waals surface area contributed by atoms with Crippen LogP contribution in [0, 0.1) is 0 Å². The second-order valence-corrected chi connectivity index (χ2v) is 4.41. The number of hydrogen-bond donors (Lipinski definition) is 1. The zero-order valence-electron chi connectivity index (χ0n) is 7.54. The van der Waals surface area contributed by atoms with Crippen LogP contribution >= 0.6 is 0 Å². The van der Waals surface area contributed by atoms with Crippen LogP contribution in [0.3, 0.4) is 0 Å². The van der Waals surface area contributed by atoms with E-state index < -0.39 is 0 Å². The van der Waals surface area contributed by atoms with E-state index >= 15 is 0 Å². The molecule has 0 aromatic heterocycles. The van der Waals surface area contributed by atoms with Gasteiger partial charge in [-0.15, -0.1) is 0 Å². The van der Waals surface area contributed by atoms with E-state index in [1.165, 1.54) is 32.4 Å². The molecule has 0 atom stereocenters. The average molecular weight is 142 g/mol. The lowest BCUT2D eigenvalue weighted by Crippen LogP contribution is -3.19. The molecule has 0 spiro atoms. The molecule has 0 bridgehead atoms. The van der Waals surface area contributed by atoms with E-state index in [0.717, 1.165) is 0 Å². The van der Waals surface area contributed by atoms with E-state index in [4.69, 9.17) is 0 Å². The maximum absolute atomic E-state index is 2.34. The van der Waals surface area contributed by atoms with Crippen molar-refractivity contribution in [2.24, 2.45) is 0 Å². The number of rotatable bonds is 0. The Kier molecular flexibility index (Phi) is 2.35. The third-order valence-corrected chi connectivity index (χ3v) is 2.52. The Labute approximate surface area is 64.4 Å². The Morgan fingerprint density at radius 1 is 0.900 bits per heavy atom. The van der Waals surface area contributed by atoms with Crippen molar-refractivity contribution in [2.45, 2.75) is 45.6 Å². The molecule has 0 radical (unpaired) electrons. The highest BCUT2D eigenvalue weighted by Gasteiger charge is 2.26. The van der Waals surface area contributed by atoms with Crippen LogP contribution in [-0.4, -0.2) is 18.6 Å². The quantitative estimate of drug-likeness (QED) is 0.511. The highest BCUT2D eigenvalue weighted by molar-refractivity contribution is 4.59. The van der Waals surface area contributed by atoms with Crippen molar-refractivity contribution in [1.29, 1.82) is 0 Å². The van der Waals surface area contributed by atoms with E-state index in [9.17, 15) is 0 Å². The lowest BCUT2D eigenvalue weighted by Gasteiger charge is -2.34. The van der Waals surface area contributed by atoms with Crippen molar-refractivity contribution >= 4 is 0 Å². The molecule has 0 aliphatic carbocycles. The van der Waals surface area contributed by atoms with Gasteiger partial charge in [0.2, 0.25) is 0 Å². The summed E-state index contributed by atoms with van der Waals surface area (Å²) in [5.74, 6) is 0. The minimum atomic E-state index is 0.487. The molecule has 0 aromatic rings. The van der Waals surface area contributed by atoms with Crippen LogP contribution in [0.25, 0.3) is 0 Å². The molecule has 10 heavy (non-hydrogen) atoms. The Hall–Kier alpha value is -0.0400. The van der Waals surface area contributed by atoms with Gasteiger partial charge in [-0.3, -0.25) is 0 Å². The van der Waals surface area contributed by atoms with Crippen molar-refractivity contribution in [2.75, 3.05) is 13.1 Å². The topological polar surface area (TPSA) is 4.44 Å². The molecule has 1 heterocycles. The second-order valence-electron chi connectivity index (χ2n) is 4.41. The predicted octanol–water partition coefficient (Wildman–Crippen LogP) is 0.854. The molecule has 1 rings (SSSR count). The third-order valence-electron chi connectivity index (χ3n) is 2.52. The summed E-state index contributed by atoms with van der Waals surface area (Å²) in [5, 5.41) is 0. The summed E-state index contributed by atoms with van der Waals surface area (Å²) in [4.78, 5) is 1.79. The van der Waals surface area contributed by atoms with E-state index in [0.29, 0.717) is 5.54 Å². The van der Waals surface area contributed by atoms with Gasteiger partial charge in [0.1, 0.15) is 0 Å². The molecule has 1 N–H and O–H groups in total. The number of nitrogens with one attached hydrogen (secondary N) is 1. The van der Waals surface area contributed by atoms with Gasteiger partial charge in [-0.25, -0.2) is 0 Å². The summed E-state index contributed by atoms with van der Waals surface area (Å²) in [7, 11) is 0. The Morgan fingerprint density at radius 2 is 1.40 bits per heavy atom. The largest absolute Gasteiger partial charge is 0.331 e. The zero-order valence-corrected chi connectivity index (χ0v) is 7.54. The summed E-state index contributed by atoms with van der Waals surface area (Å²) < 4.78 is 0. The van der Waals surface area contributed by atoms with Gasteiger partial charge in [0, 0.05) is 0 Å². The molecule has 1 aliphatic rings. The summed E-state index contributed by atoms with van der Waals surface area (Å²) in [6.07, 6.45) is 4.33. The van der Waals surface area contributed by atoms with Crippen molar-refractivity contribution < 1.29 is 4.90 Å². The van der Waals surface area contributed by atoms with E-state index in [1.54, 1.807) is 4.90 Å². The molecule has 1 aliphatic heterocycles. The van der Waals surface area contributed by atoms with Crippen LogP contribution in [0.15, 0.2) is 0 Å². The molecule has 1 heteroatoms. The van der Waals surface area contributed by atoms with Crippen LogP contribution in [-0.2, 0) is 0 Å². The standard InChI is InChI=1S/C9H19N/c1-9(2,3)10-7-5-4-6-8-10/h4-8H2,1-3H3/p+1. The molecule has 0 aromatic carbocycles. The second kappa shape index (κ2) is 2.91. The minimum absolute atomic E-state index is 0.487. The van der Waals surface area contributed by atoms with Gasteiger partial charge in [0.15, 0.2) is 0 Å². The summed E-state index contributed by atoms with van der Waals surface area (Å²) in [6.45, 7) is 9.81. The van der Waals surface area contributed by atoms with Crippen molar-refractivity contribution in [3.63, 3.8) is 0 Å². The van der Waals surface area contributed by atoms with Gasteiger partial charge in [-0.05, 0) is 40.0 Å². The molecule has 0 unspecified atom stereocenters. The molecular formula is C9H20N+. The minimum Gasteiger partial charge on any atom is -0.331 e. The third kappa shape index (κ3) is 1.98. The van der Waals surface area contributed by atoms with Gasteiger partial charge in [-0.1, -0.05) is 0 Å². The lowest BCUT2D eigenvalue weighted by molar-refractivity contribution is -0.950. The highest BCUT2D eigenvalue weighted by Crippen LogP contribution is 2.00. The Bertz CT molecular complexity index is 95.8. The molecular weight excluding hydrogens is 122 g/mol. The van der Waals surface area contributed by atoms with Gasteiger partial charge in [-0.2, -0.15) is 0 Å². The van der Waals surface area contributed by atoms with Crippen molar-refractivity contribution in [1.82, 2.24) is 0 Å². The SMILES string of the molecule is CC(C)(C)[NH+]1CCCCC1. The molecule has 1 nitrogen and oxygen atoms in total. The maximum atomic E-state index is 2.34. The number of hydrogen-bond acceptors (Lipinski definition) is 0. The summed E-state index contributed by atoms with van der Waals surface area (Å²) >= 11 is 0. The first-order valence-electron chi connectivity index (χ1n) is 4.46. The van der Waals surface area contributed by atoms with Crippen LogP contribution in [0.4, 0.5) is 0 Å². The van der Waals surface area contributed by atoms with Crippen LogP contribution in [0.1, 0.15) is 40.0 Å². The molecule has 60 valence electrons. The molecule has 1 fully saturated rings. The van der Waals surface area contributed by atoms with Gasteiger partial charge < -0.3 is 4.90 Å². The first-order chi connectivity index (χ1) is 4.61.